The van der Waals surface area contributed by atoms with Crippen LogP contribution in [0.2, 0.25) is 0 Å². The minimum absolute atomic E-state index is 0.222. The van der Waals surface area contributed by atoms with Crippen molar-refractivity contribution in [1.29, 1.82) is 0 Å². The number of nitrogens with zero attached hydrogens (tertiary/aromatic N) is 4. The summed E-state index contributed by atoms with van der Waals surface area (Å²) >= 11 is 0. The van der Waals surface area contributed by atoms with Gasteiger partial charge in [0.15, 0.2) is 5.65 Å². The number of fused-ring (bicyclic) bond motifs is 2. The van der Waals surface area contributed by atoms with E-state index in [-0.39, 0.29) is 5.91 Å². The van der Waals surface area contributed by atoms with Crippen molar-refractivity contribution < 1.29 is 4.79 Å². The molecular formula is C20H17N5O. The Morgan fingerprint density at radius 3 is 2.92 bits per heavy atom. The molecule has 1 N–H and O–H groups in total. The number of hydrogen-bond acceptors (Lipinski definition) is 4. The Hall–Kier alpha value is -3.54. The number of amides is 1. The number of para-hydroxylation sites is 1. The first-order valence-electron chi connectivity index (χ1n) is 8.24. The zero-order valence-corrected chi connectivity index (χ0v) is 14.5. The molecule has 0 unspecified atom stereocenters. The minimum atomic E-state index is -0.222. The third-order valence-corrected chi connectivity index (χ3v) is 4.21. The van der Waals surface area contributed by atoms with Crippen LogP contribution in [-0.4, -0.2) is 25.7 Å². The Morgan fingerprint density at radius 1 is 1.19 bits per heavy atom. The van der Waals surface area contributed by atoms with Crippen molar-refractivity contribution in [1.82, 2.24) is 19.7 Å². The van der Waals surface area contributed by atoms with E-state index in [1.807, 2.05) is 50.4 Å². The van der Waals surface area contributed by atoms with Gasteiger partial charge < -0.3 is 5.32 Å². The first-order chi connectivity index (χ1) is 12.6. The van der Waals surface area contributed by atoms with Crippen molar-refractivity contribution >= 4 is 39.6 Å². The third kappa shape index (κ3) is 2.93. The van der Waals surface area contributed by atoms with Crippen molar-refractivity contribution in [3.63, 3.8) is 0 Å². The van der Waals surface area contributed by atoms with Crippen LogP contribution >= 0.6 is 0 Å². The van der Waals surface area contributed by atoms with Crippen molar-refractivity contribution in [3.8, 4) is 0 Å². The van der Waals surface area contributed by atoms with Crippen molar-refractivity contribution in [2.45, 2.75) is 6.92 Å². The van der Waals surface area contributed by atoms with E-state index >= 15 is 0 Å². The smallest absolute Gasteiger partial charge is 0.248 e. The fourth-order valence-corrected chi connectivity index (χ4v) is 2.99. The summed E-state index contributed by atoms with van der Waals surface area (Å²) in [4.78, 5) is 21.0. The van der Waals surface area contributed by atoms with Gasteiger partial charge in [0.1, 0.15) is 0 Å². The number of nitrogens with one attached hydrogen (secondary N) is 1. The third-order valence-electron chi connectivity index (χ3n) is 4.21. The molecule has 0 aliphatic carbocycles. The van der Waals surface area contributed by atoms with Crippen molar-refractivity contribution in [2.75, 3.05) is 5.32 Å². The number of carbonyl (C=O) groups excluding carboxylic acids is 1. The normalized spacial score (nSPS) is 11.5. The summed E-state index contributed by atoms with van der Waals surface area (Å²) in [6.45, 7) is 1.92. The maximum atomic E-state index is 12.3. The Balaban J connectivity index is 1.57. The highest BCUT2D eigenvalue weighted by molar-refractivity contribution is 6.03. The fraction of sp³-hybridized carbons (Fsp3) is 0.100. The second-order valence-corrected chi connectivity index (χ2v) is 6.05. The maximum absolute atomic E-state index is 12.3. The van der Waals surface area contributed by atoms with Gasteiger partial charge in [0, 0.05) is 35.7 Å². The molecule has 0 bridgehead atoms. The van der Waals surface area contributed by atoms with E-state index in [0.29, 0.717) is 5.69 Å². The lowest BCUT2D eigenvalue weighted by atomic mass is 10.1. The quantitative estimate of drug-likeness (QED) is 0.578. The molecule has 128 valence electrons. The second kappa shape index (κ2) is 6.40. The summed E-state index contributed by atoms with van der Waals surface area (Å²) in [6, 6.07) is 11.7. The van der Waals surface area contributed by atoms with Crippen molar-refractivity contribution in [3.05, 3.63) is 66.1 Å². The number of aromatic nitrogens is 4. The number of anilines is 1. The van der Waals surface area contributed by atoms with E-state index in [1.165, 1.54) is 6.08 Å². The predicted molar refractivity (Wildman–Crippen MR) is 103 cm³/mol. The number of hydrogen-bond donors (Lipinski definition) is 1. The number of rotatable bonds is 3. The van der Waals surface area contributed by atoms with Crippen molar-refractivity contribution in [2.24, 2.45) is 7.05 Å². The van der Waals surface area contributed by atoms with E-state index in [9.17, 15) is 4.79 Å². The van der Waals surface area contributed by atoms with E-state index in [2.05, 4.69) is 20.4 Å². The number of aryl methyl sites for hydroxylation is 2. The van der Waals surface area contributed by atoms with Gasteiger partial charge in [-0.1, -0.05) is 24.3 Å². The zero-order chi connectivity index (χ0) is 18.1. The van der Waals surface area contributed by atoms with Crippen LogP contribution in [0.4, 0.5) is 5.69 Å². The van der Waals surface area contributed by atoms with Crippen LogP contribution in [0.3, 0.4) is 0 Å². The average molecular weight is 343 g/mol. The molecule has 1 aromatic carbocycles. The van der Waals surface area contributed by atoms with Crippen LogP contribution in [0, 0.1) is 6.92 Å². The summed E-state index contributed by atoms with van der Waals surface area (Å²) in [7, 11) is 1.85. The molecule has 6 nitrogen and oxygen atoms in total. The lowest BCUT2D eigenvalue weighted by Crippen LogP contribution is -2.08. The van der Waals surface area contributed by atoms with E-state index in [1.54, 1.807) is 23.2 Å². The van der Waals surface area contributed by atoms with Gasteiger partial charge in [0.25, 0.3) is 0 Å². The van der Waals surface area contributed by atoms with E-state index < -0.39 is 0 Å². The summed E-state index contributed by atoms with van der Waals surface area (Å²) in [5.74, 6) is -0.222. The summed E-state index contributed by atoms with van der Waals surface area (Å²) in [5, 5.41) is 9.14. The minimum Gasteiger partial charge on any atom is -0.321 e. The Morgan fingerprint density at radius 2 is 2.04 bits per heavy atom. The molecule has 0 aliphatic heterocycles. The molecule has 1 amide bonds. The summed E-state index contributed by atoms with van der Waals surface area (Å²) in [5.41, 5.74) is 4.07. The topological polar surface area (TPSA) is 72.7 Å². The van der Waals surface area contributed by atoms with Gasteiger partial charge in [-0.25, -0.2) is 4.98 Å². The Labute approximate surface area is 150 Å². The van der Waals surface area contributed by atoms with Crippen LogP contribution in [-0.2, 0) is 11.8 Å². The standard InChI is InChI=1S/C20H17N5O/c1-13-17-11-16(12-22-20(17)25(2)24-13)23-18(26)9-8-15-6-3-5-14-7-4-10-21-19(14)15/h3-12H,1-2H3,(H,23,26)/b9-8-. The number of pyridine rings is 2. The molecule has 0 fully saturated rings. The zero-order valence-electron chi connectivity index (χ0n) is 14.5. The van der Waals surface area contributed by atoms with Crippen LogP contribution in [0.1, 0.15) is 11.3 Å². The Bertz CT molecular complexity index is 1150. The highest BCUT2D eigenvalue weighted by atomic mass is 16.1. The van der Waals surface area contributed by atoms with Crippen LogP contribution in [0.15, 0.2) is 54.9 Å². The Kier molecular flexibility index (Phi) is 3.93. The molecule has 26 heavy (non-hydrogen) atoms. The molecule has 0 radical (unpaired) electrons. The molecule has 4 aromatic rings. The SMILES string of the molecule is Cc1nn(C)c2ncc(NC(=O)/C=C\c3cccc4cccnc34)cc12. The first kappa shape index (κ1) is 16.0. The lowest BCUT2D eigenvalue weighted by Gasteiger charge is -2.03. The van der Waals surface area contributed by atoms with E-state index in [4.69, 9.17) is 0 Å². The predicted octanol–water partition coefficient (Wildman–Crippen LogP) is 3.48. The van der Waals surface area contributed by atoms with Crippen LogP contribution in [0.5, 0.6) is 0 Å². The largest absolute Gasteiger partial charge is 0.321 e. The average Bonchev–Trinajstić information content (AvgIpc) is 2.93. The molecule has 0 spiro atoms. The molecule has 0 atom stereocenters. The van der Waals surface area contributed by atoms with Gasteiger partial charge in [0.2, 0.25) is 5.91 Å². The maximum Gasteiger partial charge on any atom is 0.248 e. The van der Waals surface area contributed by atoms with Gasteiger partial charge in [-0.15, -0.1) is 0 Å². The number of carbonyl (C=O) groups is 1. The molecule has 6 heteroatoms. The van der Waals surface area contributed by atoms with Gasteiger partial charge in [-0.3, -0.25) is 14.5 Å². The summed E-state index contributed by atoms with van der Waals surface area (Å²) in [6.07, 6.45) is 6.65. The lowest BCUT2D eigenvalue weighted by molar-refractivity contribution is -0.111. The summed E-state index contributed by atoms with van der Waals surface area (Å²) < 4.78 is 1.73. The number of benzene rings is 1. The molecule has 4 rings (SSSR count). The molecule has 0 saturated heterocycles. The van der Waals surface area contributed by atoms with Gasteiger partial charge in [-0.2, -0.15) is 5.10 Å². The molecule has 3 heterocycles. The molecule has 3 aromatic heterocycles. The van der Waals surface area contributed by atoms with Gasteiger partial charge >= 0.3 is 0 Å². The van der Waals surface area contributed by atoms with Gasteiger partial charge in [-0.05, 0) is 25.1 Å². The highest BCUT2D eigenvalue weighted by Gasteiger charge is 2.08. The van der Waals surface area contributed by atoms with E-state index in [0.717, 1.165) is 33.2 Å². The molecule has 0 aliphatic rings. The first-order valence-corrected chi connectivity index (χ1v) is 8.24. The molecule has 0 saturated carbocycles. The van der Waals surface area contributed by atoms with Crippen LogP contribution < -0.4 is 5.32 Å². The fourth-order valence-electron chi connectivity index (χ4n) is 2.99. The molecular weight excluding hydrogens is 326 g/mol. The highest BCUT2D eigenvalue weighted by Crippen LogP contribution is 2.20. The second-order valence-electron chi connectivity index (χ2n) is 6.05. The van der Waals surface area contributed by atoms with Crippen LogP contribution in [0.25, 0.3) is 28.0 Å². The monoisotopic (exact) mass is 343 g/mol. The van der Waals surface area contributed by atoms with Gasteiger partial charge in [0.05, 0.1) is 23.1 Å².